The highest BCUT2D eigenvalue weighted by molar-refractivity contribution is 6.00. The van der Waals surface area contributed by atoms with Crippen molar-refractivity contribution in [1.82, 2.24) is 19.8 Å². The normalized spacial score (nSPS) is 16.4. The van der Waals surface area contributed by atoms with Gasteiger partial charge in [0.25, 0.3) is 0 Å². The topological polar surface area (TPSA) is 81.6 Å². The van der Waals surface area contributed by atoms with Crippen molar-refractivity contribution in [1.29, 1.82) is 0 Å². The minimum atomic E-state index is 0.487. The van der Waals surface area contributed by atoms with Gasteiger partial charge in [0.1, 0.15) is 5.75 Å². The number of hydrogen-bond acceptors (Lipinski definition) is 6. The molecule has 0 unspecified atom stereocenters. The van der Waals surface area contributed by atoms with Crippen molar-refractivity contribution >= 4 is 27.9 Å². The Morgan fingerprint density at radius 2 is 1.90 bits per heavy atom. The first-order valence-electron chi connectivity index (χ1n) is 10.1. The highest BCUT2D eigenvalue weighted by Gasteiger charge is 2.31. The van der Waals surface area contributed by atoms with E-state index in [0.29, 0.717) is 11.6 Å². The minimum absolute atomic E-state index is 0.487. The fourth-order valence-electron chi connectivity index (χ4n) is 4.37. The Morgan fingerprint density at radius 3 is 2.69 bits per heavy atom. The summed E-state index contributed by atoms with van der Waals surface area (Å²) < 4.78 is 7.36. The number of aromatic nitrogens is 4. The first-order valence-corrected chi connectivity index (χ1v) is 10.1. The molecule has 2 aromatic heterocycles. The molecule has 0 spiro atoms. The van der Waals surface area contributed by atoms with E-state index >= 15 is 0 Å². The molecule has 2 N–H and O–H groups in total. The van der Waals surface area contributed by atoms with Crippen molar-refractivity contribution in [2.45, 2.75) is 31.7 Å². The van der Waals surface area contributed by atoms with Crippen LogP contribution in [0.25, 0.3) is 16.4 Å². The molecular formula is C22H22N6O. The van der Waals surface area contributed by atoms with Gasteiger partial charge >= 0.3 is 0 Å². The number of fused-ring (bicyclic) bond motifs is 4. The summed E-state index contributed by atoms with van der Waals surface area (Å²) in [5.41, 5.74) is 10.2. The summed E-state index contributed by atoms with van der Waals surface area (Å²) in [6.07, 6.45) is 3.27. The molecule has 1 aliphatic carbocycles. The van der Waals surface area contributed by atoms with Crippen LogP contribution in [0.4, 0.5) is 11.5 Å². The highest BCUT2D eigenvalue weighted by atomic mass is 16.5. The Labute approximate surface area is 168 Å². The number of rotatable bonds is 3. The molecule has 3 heterocycles. The summed E-state index contributed by atoms with van der Waals surface area (Å²) in [7, 11) is 1.66. The number of hydrogen-bond donors (Lipinski definition) is 1. The Balaban J connectivity index is 1.50. The lowest BCUT2D eigenvalue weighted by Gasteiger charge is -2.31. The van der Waals surface area contributed by atoms with E-state index in [2.05, 4.69) is 45.4 Å². The lowest BCUT2D eigenvalue weighted by atomic mass is 9.98. The average molecular weight is 386 g/mol. The van der Waals surface area contributed by atoms with Crippen LogP contribution >= 0.6 is 0 Å². The number of anilines is 2. The van der Waals surface area contributed by atoms with Crippen LogP contribution in [0.5, 0.6) is 5.75 Å². The van der Waals surface area contributed by atoms with Crippen LogP contribution in [0, 0.1) is 0 Å². The molecule has 146 valence electrons. The second-order valence-corrected chi connectivity index (χ2v) is 7.97. The maximum absolute atomic E-state index is 6.17. The molecule has 0 atom stereocenters. The second-order valence-electron chi connectivity index (χ2n) is 7.97. The Morgan fingerprint density at radius 1 is 1.07 bits per heavy atom. The van der Waals surface area contributed by atoms with E-state index in [0.717, 1.165) is 53.3 Å². The summed E-state index contributed by atoms with van der Waals surface area (Å²) >= 11 is 0. The monoisotopic (exact) mass is 386 g/mol. The van der Waals surface area contributed by atoms with Crippen molar-refractivity contribution in [3.05, 3.63) is 53.3 Å². The molecule has 29 heavy (non-hydrogen) atoms. The molecule has 1 saturated carbocycles. The molecule has 6 rings (SSSR count). The fraction of sp³-hybridized carbons (Fsp3) is 0.318. The van der Waals surface area contributed by atoms with Crippen LogP contribution in [-0.2, 0) is 13.0 Å². The van der Waals surface area contributed by atoms with E-state index in [1.165, 1.54) is 24.0 Å². The maximum Gasteiger partial charge on any atom is 0.185 e. The van der Waals surface area contributed by atoms with Gasteiger partial charge in [0, 0.05) is 29.8 Å². The zero-order valence-corrected chi connectivity index (χ0v) is 16.3. The third kappa shape index (κ3) is 2.53. The van der Waals surface area contributed by atoms with Crippen LogP contribution in [0.15, 0.2) is 36.4 Å². The molecule has 7 nitrogen and oxygen atoms in total. The van der Waals surface area contributed by atoms with Crippen molar-refractivity contribution in [2.75, 3.05) is 24.3 Å². The predicted octanol–water partition coefficient (Wildman–Crippen LogP) is 3.31. The van der Waals surface area contributed by atoms with E-state index in [1.54, 1.807) is 7.11 Å². The van der Waals surface area contributed by atoms with E-state index in [9.17, 15) is 0 Å². The summed E-state index contributed by atoms with van der Waals surface area (Å²) in [5.74, 6) is 3.20. The van der Waals surface area contributed by atoms with Crippen LogP contribution in [-0.4, -0.2) is 33.5 Å². The van der Waals surface area contributed by atoms with E-state index in [-0.39, 0.29) is 0 Å². The standard InChI is InChI=1S/C22H22N6O/c1-29-19-11-14-8-9-27(12-15(14)10-18(19)23)22-17-5-3-2-4-16(17)21-25-24-20(13-6-7-13)28(21)26-22/h2-5,10-11,13H,6-9,12,23H2,1H3. The van der Waals surface area contributed by atoms with E-state index < -0.39 is 0 Å². The molecule has 1 aliphatic heterocycles. The third-order valence-corrected chi connectivity index (χ3v) is 6.07. The highest BCUT2D eigenvalue weighted by Crippen LogP contribution is 2.40. The number of nitrogens with two attached hydrogens (primary N) is 1. The van der Waals surface area contributed by atoms with E-state index in [4.69, 9.17) is 15.6 Å². The lowest BCUT2D eigenvalue weighted by molar-refractivity contribution is 0.416. The number of nitrogen functional groups attached to an aromatic ring is 1. The van der Waals surface area contributed by atoms with Crippen molar-refractivity contribution in [2.24, 2.45) is 0 Å². The summed E-state index contributed by atoms with van der Waals surface area (Å²) in [4.78, 5) is 2.34. The van der Waals surface area contributed by atoms with Gasteiger partial charge in [-0.1, -0.05) is 24.3 Å². The SMILES string of the molecule is COc1cc2c(cc1N)CN(c1nn3c(C4CC4)nnc3c3ccccc13)CC2. The van der Waals surface area contributed by atoms with Crippen LogP contribution in [0.2, 0.25) is 0 Å². The van der Waals surface area contributed by atoms with Crippen molar-refractivity contribution in [3.63, 3.8) is 0 Å². The maximum atomic E-state index is 6.17. The van der Waals surface area contributed by atoms with Gasteiger partial charge in [-0.15, -0.1) is 15.3 Å². The lowest BCUT2D eigenvalue weighted by Crippen LogP contribution is -2.32. The molecule has 0 bridgehead atoms. The Bertz CT molecular complexity index is 1260. The van der Waals surface area contributed by atoms with Gasteiger partial charge in [-0.25, -0.2) is 0 Å². The molecule has 1 fully saturated rings. The van der Waals surface area contributed by atoms with Gasteiger partial charge in [0.05, 0.1) is 12.8 Å². The van der Waals surface area contributed by atoms with Crippen LogP contribution < -0.4 is 15.4 Å². The first-order chi connectivity index (χ1) is 14.2. The number of methoxy groups -OCH3 is 1. The number of nitrogens with zero attached hydrogens (tertiary/aromatic N) is 5. The molecule has 4 aromatic rings. The summed E-state index contributed by atoms with van der Waals surface area (Å²) in [6.45, 7) is 1.66. The van der Waals surface area contributed by atoms with Gasteiger partial charge in [-0.2, -0.15) is 4.52 Å². The molecule has 2 aromatic carbocycles. The summed E-state index contributed by atoms with van der Waals surface area (Å²) in [6, 6.07) is 12.5. The van der Waals surface area contributed by atoms with Gasteiger partial charge in [0.15, 0.2) is 17.3 Å². The van der Waals surface area contributed by atoms with Gasteiger partial charge in [0.2, 0.25) is 0 Å². The molecule has 0 saturated heterocycles. The molecule has 7 heteroatoms. The largest absolute Gasteiger partial charge is 0.495 e. The van der Waals surface area contributed by atoms with Gasteiger partial charge in [-0.05, 0) is 42.5 Å². The Hall–Kier alpha value is -3.35. The third-order valence-electron chi connectivity index (χ3n) is 6.07. The predicted molar refractivity (Wildman–Crippen MR) is 112 cm³/mol. The molecule has 0 radical (unpaired) electrons. The number of benzene rings is 2. The van der Waals surface area contributed by atoms with Gasteiger partial charge in [-0.3, -0.25) is 0 Å². The second kappa shape index (κ2) is 6.07. The van der Waals surface area contributed by atoms with E-state index in [1.807, 2.05) is 10.6 Å². The molecule has 2 aliphatic rings. The average Bonchev–Trinajstić information content (AvgIpc) is 3.51. The zero-order valence-electron chi connectivity index (χ0n) is 16.3. The summed E-state index contributed by atoms with van der Waals surface area (Å²) in [5, 5.41) is 16.2. The molecular weight excluding hydrogens is 364 g/mol. The smallest absolute Gasteiger partial charge is 0.185 e. The van der Waals surface area contributed by atoms with Crippen LogP contribution in [0.3, 0.4) is 0 Å². The minimum Gasteiger partial charge on any atom is -0.495 e. The quantitative estimate of drug-likeness (QED) is 0.544. The Kier molecular flexibility index (Phi) is 3.47. The van der Waals surface area contributed by atoms with Crippen molar-refractivity contribution in [3.8, 4) is 5.75 Å². The van der Waals surface area contributed by atoms with Crippen LogP contribution in [0.1, 0.15) is 35.7 Å². The van der Waals surface area contributed by atoms with Crippen molar-refractivity contribution < 1.29 is 4.74 Å². The van der Waals surface area contributed by atoms with Gasteiger partial charge < -0.3 is 15.4 Å². The first kappa shape index (κ1) is 16.6. The fourth-order valence-corrected chi connectivity index (χ4v) is 4.37. The zero-order chi connectivity index (χ0) is 19.5. The molecule has 0 amide bonds. The number of ether oxygens (including phenoxy) is 1.